The molecule has 9 heteroatoms. The highest BCUT2D eigenvalue weighted by Crippen LogP contribution is 2.29. The summed E-state index contributed by atoms with van der Waals surface area (Å²) in [5.74, 6) is 0.252. The van der Waals surface area contributed by atoms with E-state index in [2.05, 4.69) is 58.1 Å². The quantitative estimate of drug-likeness (QED) is 0.340. The molecule has 1 aromatic carbocycles. The molecule has 2 N–H and O–H groups in total. The van der Waals surface area contributed by atoms with Crippen LogP contribution in [0.2, 0.25) is 0 Å². The second kappa shape index (κ2) is 11.4. The Morgan fingerprint density at radius 3 is 2.55 bits per heavy atom. The van der Waals surface area contributed by atoms with Gasteiger partial charge in [-0.15, -0.1) is 0 Å². The smallest absolute Gasteiger partial charge is 0.259 e. The molecule has 0 amide bonds. The zero-order valence-corrected chi connectivity index (χ0v) is 22.4. The number of aromatic amines is 1. The Bertz CT molecular complexity index is 1440. The van der Waals surface area contributed by atoms with Crippen LogP contribution >= 0.6 is 0 Å². The SMILES string of the molecule is CCN1CCN(CCc2ccc(Nc3nc(-c4cnn(CC(C)C)c4)cc4c(F)c[nH]c(=O)c34)cc2)CC1. The fourth-order valence-electron chi connectivity index (χ4n) is 4.96. The molecule has 1 fully saturated rings. The third-order valence-electron chi connectivity index (χ3n) is 7.16. The van der Waals surface area contributed by atoms with Gasteiger partial charge in [-0.3, -0.25) is 9.48 Å². The summed E-state index contributed by atoms with van der Waals surface area (Å²) in [6.45, 7) is 13.9. The molecule has 0 unspecified atom stereocenters. The third-order valence-corrected chi connectivity index (χ3v) is 7.16. The molecule has 4 aromatic rings. The predicted molar refractivity (Wildman–Crippen MR) is 150 cm³/mol. The van der Waals surface area contributed by atoms with Crippen molar-refractivity contribution in [2.75, 3.05) is 44.6 Å². The molecule has 0 radical (unpaired) electrons. The van der Waals surface area contributed by atoms with E-state index in [0.717, 1.165) is 69.7 Å². The number of halogens is 1. The van der Waals surface area contributed by atoms with Gasteiger partial charge in [0, 0.05) is 68.3 Å². The van der Waals surface area contributed by atoms with Crippen molar-refractivity contribution in [2.24, 2.45) is 5.92 Å². The predicted octanol–water partition coefficient (Wildman–Crippen LogP) is 4.51. The Morgan fingerprint density at radius 2 is 1.84 bits per heavy atom. The first-order valence-corrected chi connectivity index (χ1v) is 13.4. The Balaban J connectivity index is 1.36. The van der Waals surface area contributed by atoms with Crippen LogP contribution < -0.4 is 10.9 Å². The second-order valence-corrected chi connectivity index (χ2v) is 10.4. The molecule has 1 aliphatic rings. The number of nitrogens with zero attached hydrogens (tertiary/aromatic N) is 5. The summed E-state index contributed by atoms with van der Waals surface area (Å²) < 4.78 is 16.7. The fourth-order valence-corrected chi connectivity index (χ4v) is 4.96. The molecular formula is C29H36FN7O. The molecule has 0 bridgehead atoms. The molecule has 200 valence electrons. The van der Waals surface area contributed by atoms with E-state index in [0.29, 0.717) is 17.4 Å². The highest BCUT2D eigenvalue weighted by Gasteiger charge is 2.17. The number of hydrogen-bond donors (Lipinski definition) is 2. The van der Waals surface area contributed by atoms with Gasteiger partial charge in [0.1, 0.15) is 11.6 Å². The highest BCUT2D eigenvalue weighted by atomic mass is 19.1. The van der Waals surface area contributed by atoms with Gasteiger partial charge >= 0.3 is 0 Å². The molecule has 1 saturated heterocycles. The summed E-state index contributed by atoms with van der Waals surface area (Å²) in [5.41, 5.74) is 2.97. The van der Waals surface area contributed by atoms with Gasteiger partial charge in [0.15, 0.2) is 0 Å². The van der Waals surface area contributed by atoms with E-state index in [1.807, 2.05) is 23.0 Å². The first-order chi connectivity index (χ1) is 18.4. The van der Waals surface area contributed by atoms with Crippen molar-refractivity contribution in [2.45, 2.75) is 33.7 Å². The maximum Gasteiger partial charge on any atom is 0.259 e. The number of likely N-dealkylation sites (N-methyl/N-ethyl adjacent to an activating group) is 1. The number of piperazine rings is 1. The minimum Gasteiger partial charge on any atom is -0.340 e. The van der Waals surface area contributed by atoms with Crippen LogP contribution in [-0.4, -0.2) is 68.8 Å². The number of nitrogens with one attached hydrogen (secondary N) is 2. The normalized spacial score (nSPS) is 15.0. The second-order valence-electron chi connectivity index (χ2n) is 10.4. The van der Waals surface area contributed by atoms with Crippen LogP contribution in [0.25, 0.3) is 22.0 Å². The summed E-state index contributed by atoms with van der Waals surface area (Å²) >= 11 is 0. The molecule has 0 atom stereocenters. The lowest BCUT2D eigenvalue weighted by molar-refractivity contribution is 0.138. The van der Waals surface area contributed by atoms with Crippen molar-refractivity contribution in [3.8, 4) is 11.3 Å². The Kier molecular flexibility index (Phi) is 7.85. The van der Waals surface area contributed by atoms with Gasteiger partial charge in [0.25, 0.3) is 5.56 Å². The molecule has 3 aromatic heterocycles. The number of anilines is 2. The van der Waals surface area contributed by atoms with E-state index in [1.165, 1.54) is 5.56 Å². The van der Waals surface area contributed by atoms with Crippen molar-refractivity contribution >= 4 is 22.3 Å². The summed E-state index contributed by atoms with van der Waals surface area (Å²) in [6, 6.07) is 9.78. The topological polar surface area (TPSA) is 82.1 Å². The van der Waals surface area contributed by atoms with Crippen molar-refractivity contribution in [3.05, 3.63) is 70.7 Å². The number of rotatable bonds is 9. The van der Waals surface area contributed by atoms with Gasteiger partial charge in [-0.2, -0.15) is 5.10 Å². The van der Waals surface area contributed by atoms with Crippen molar-refractivity contribution in [1.82, 2.24) is 29.5 Å². The summed E-state index contributed by atoms with van der Waals surface area (Å²) in [6.07, 6.45) is 5.70. The lowest BCUT2D eigenvalue weighted by Crippen LogP contribution is -2.46. The summed E-state index contributed by atoms with van der Waals surface area (Å²) in [5, 5.41) is 8.10. The van der Waals surface area contributed by atoms with E-state index < -0.39 is 11.4 Å². The number of benzene rings is 1. The van der Waals surface area contributed by atoms with E-state index >= 15 is 0 Å². The third kappa shape index (κ3) is 5.95. The van der Waals surface area contributed by atoms with E-state index in [9.17, 15) is 9.18 Å². The number of pyridine rings is 2. The van der Waals surface area contributed by atoms with Gasteiger partial charge < -0.3 is 20.1 Å². The van der Waals surface area contributed by atoms with E-state index in [4.69, 9.17) is 4.98 Å². The molecule has 0 aliphatic carbocycles. The van der Waals surface area contributed by atoms with Gasteiger partial charge in [-0.05, 0) is 42.6 Å². The fraction of sp³-hybridized carbons (Fsp3) is 0.414. The number of fused-ring (bicyclic) bond motifs is 1. The Morgan fingerprint density at radius 1 is 1.11 bits per heavy atom. The Hall–Kier alpha value is -3.56. The maximum absolute atomic E-state index is 14.8. The molecule has 1 aliphatic heterocycles. The zero-order valence-electron chi connectivity index (χ0n) is 22.4. The summed E-state index contributed by atoms with van der Waals surface area (Å²) in [7, 11) is 0. The standard InChI is InChI=1S/C29H36FN7O/c1-4-35-11-13-36(14-12-35)10-9-21-5-7-23(8-6-21)33-28-27-24(25(30)17-31-29(27)38)15-26(34-28)22-16-32-37(19-22)18-20(2)3/h5-8,15-17,19-20H,4,9-14,18H2,1-3H3,(H,31,38)(H,33,34). The lowest BCUT2D eigenvalue weighted by atomic mass is 10.1. The molecule has 4 heterocycles. The van der Waals surface area contributed by atoms with Crippen molar-refractivity contribution in [1.29, 1.82) is 0 Å². The monoisotopic (exact) mass is 517 g/mol. The average Bonchev–Trinajstić information content (AvgIpc) is 3.38. The van der Waals surface area contributed by atoms with Gasteiger partial charge in [-0.1, -0.05) is 32.9 Å². The van der Waals surface area contributed by atoms with Crippen molar-refractivity contribution < 1.29 is 4.39 Å². The number of H-pyrrole nitrogens is 1. The van der Waals surface area contributed by atoms with E-state index in [-0.39, 0.29) is 10.8 Å². The largest absolute Gasteiger partial charge is 0.340 e. The molecule has 38 heavy (non-hydrogen) atoms. The van der Waals surface area contributed by atoms with Crippen LogP contribution in [0.15, 0.2) is 53.7 Å². The first-order valence-electron chi connectivity index (χ1n) is 13.4. The Labute approximate surface area is 222 Å². The van der Waals surface area contributed by atoms with E-state index in [1.54, 1.807) is 12.3 Å². The average molecular weight is 518 g/mol. The molecule has 0 saturated carbocycles. The summed E-state index contributed by atoms with van der Waals surface area (Å²) in [4.78, 5) is 24.9. The molecule has 8 nitrogen and oxygen atoms in total. The van der Waals surface area contributed by atoms with Crippen LogP contribution in [0.4, 0.5) is 15.9 Å². The molecule has 0 spiro atoms. The van der Waals surface area contributed by atoms with Crippen LogP contribution in [0, 0.1) is 11.7 Å². The number of aromatic nitrogens is 4. The molecular weight excluding hydrogens is 481 g/mol. The van der Waals surface area contributed by atoms with Gasteiger partial charge in [0.05, 0.1) is 17.3 Å². The van der Waals surface area contributed by atoms with Crippen LogP contribution in [0.1, 0.15) is 26.3 Å². The van der Waals surface area contributed by atoms with Gasteiger partial charge in [0.2, 0.25) is 0 Å². The highest BCUT2D eigenvalue weighted by molar-refractivity contribution is 5.95. The minimum absolute atomic E-state index is 0.193. The first kappa shape index (κ1) is 26.1. The van der Waals surface area contributed by atoms with Crippen molar-refractivity contribution in [3.63, 3.8) is 0 Å². The molecule has 5 rings (SSSR count). The van der Waals surface area contributed by atoms with Crippen LogP contribution in [-0.2, 0) is 13.0 Å². The lowest BCUT2D eigenvalue weighted by Gasteiger charge is -2.34. The van der Waals surface area contributed by atoms with Crippen LogP contribution in [0.5, 0.6) is 0 Å². The maximum atomic E-state index is 14.8. The number of hydrogen-bond acceptors (Lipinski definition) is 6. The zero-order chi connectivity index (χ0) is 26.6. The van der Waals surface area contributed by atoms with Crippen LogP contribution in [0.3, 0.4) is 0 Å². The minimum atomic E-state index is -0.504. The van der Waals surface area contributed by atoms with Gasteiger partial charge in [-0.25, -0.2) is 9.37 Å².